The summed E-state index contributed by atoms with van der Waals surface area (Å²) in [6, 6.07) is 0. The molecule has 2 amide bonds. The van der Waals surface area contributed by atoms with Crippen LogP contribution in [0.2, 0.25) is 0 Å². The first kappa shape index (κ1) is 13.6. The van der Waals surface area contributed by atoms with Gasteiger partial charge in [0.2, 0.25) is 0 Å². The van der Waals surface area contributed by atoms with Gasteiger partial charge in [0.25, 0.3) is 0 Å². The van der Waals surface area contributed by atoms with Crippen molar-refractivity contribution in [3.05, 3.63) is 0 Å². The zero-order chi connectivity index (χ0) is 12.7. The lowest BCUT2D eigenvalue weighted by Gasteiger charge is -2.30. The first-order valence-corrected chi connectivity index (χ1v) is 5.99. The lowest BCUT2D eigenvalue weighted by Crippen LogP contribution is -2.37. The van der Waals surface area contributed by atoms with E-state index in [1.165, 1.54) is 11.3 Å². The Morgan fingerprint density at radius 2 is 2.06 bits per heavy atom. The molecular formula is C11H20N2O4. The molecule has 0 atom stereocenters. The normalized spacial score (nSPS) is 15.1. The van der Waals surface area contributed by atoms with E-state index in [9.17, 15) is 9.59 Å². The van der Waals surface area contributed by atoms with E-state index in [0.717, 1.165) is 12.8 Å². The predicted molar refractivity (Wildman–Crippen MR) is 61.7 cm³/mol. The van der Waals surface area contributed by atoms with Gasteiger partial charge in [-0.15, -0.1) is 0 Å². The van der Waals surface area contributed by atoms with Crippen LogP contribution in [0, 0.1) is 5.92 Å². The minimum atomic E-state index is -0.868. The summed E-state index contributed by atoms with van der Waals surface area (Å²) in [5.41, 5.74) is 4.81. The average molecular weight is 244 g/mol. The summed E-state index contributed by atoms with van der Waals surface area (Å²) in [7, 11) is 0. The zero-order valence-corrected chi connectivity index (χ0v) is 9.93. The number of carboxylic acid groups (broad SMARTS) is 1. The fourth-order valence-corrected chi connectivity index (χ4v) is 1.83. The number of amides is 2. The maximum absolute atomic E-state index is 11.0. The molecule has 0 heterocycles. The Kier molecular flexibility index (Phi) is 5.59. The van der Waals surface area contributed by atoms with Gasteiger partial charge in [-0.3, -0.25) is 0 Å². The Balaban J connectivity index is 2.11. The molecule has 1 saturated carbocycles. The van der Waals surface area contributed by atoms with Gasteiger partial charge in [0.1, 0.15) is 0 Å². The molecule has 0 aliphatic heterocycles. The molecule has 1 rings (SSSR count). The number of unbranched alkanes of at least 4 members (excludes halogenated alkanes) is 1. The molecule has 0 saturated heterocycles. The highest BCUT2D eigenvalue weighted by molar-refractivity contribution is 5.65. The molecule has 1 aliphatic rings. The lowest BCUT2D eigenvalue weighted by atomic mass is 9.85. The van der Waals surface area contributed by atoms with Crippen molar-refractivity contribution < 1.29 is 19.4 Å². The summed E-state index contributed by atoms with van der Waals surface area (Å²) in [4.78, 5) is 22.7. The van der Waals surface area contributed by atoms with E-state index in [0.29, 0.717) is 31.8 Å². The number of rotatable bonds is 7. The number of hydrogen-bond donors (Lipinski definition) is 2. The van der Waals surface area contributed by atoms with Gasteiger partial charge in [0, 0.05) is 13.1 Å². The van der Waals surface area contributed by atoms with E-state index in [4.69, 9.17) is 10.8 Å². The fraction of sp³-hybridized carbons (Fsp3) is 0.818. The zero-order valence-electron chi connectivity index (χ0n) is 9.93. The number of ether oxygens (including phenoxy) is 1. The van der Waals surface area contributed by atoms with Crippen molar-refractivity contribution in [1.29, 1.82) is 0 Å². The Morgan fingerprint density at radius 1 is 1.35 bits per heavy atom. The van der Waals surface area contributed by atoms with Crippen molar-refractivity contribution in [2.75, 3.05) is 19.7 Å². The quantitative estimate of drug-likeness (QED) is 0.666. The number of nitrogens with zero attached hydrogens (tertiary/aromatic N) is 1. The third kappa shape index (κ3) is 5.42. The topological polar surface area (TPSA) is 92.9 Å². The monoisotopic (exact) mass is 244 g/mol. The van der Waals surface area contributed by atoms with E-state index >= 15 is 0 Å². The summed E-state index contributed by atoms with van der Waals surface area (Å²) < 4.78 is 4.57. The first-order chi connectivity index (χ1) is 8.09. The summed E-state index contributed by atoms with van der Waals surface area (Å²) >= 11 is 0. The number of carbonyl (C=O) groups is 2. The maximum Gasteiger partial charge on any atom is 0.407 e. The van der Waals surface area contributed by atoms with E-state index in [-0.39, 0.29) is 6.61 Å². The lowest BCUT2D eigenvalue weighted by molar-refractivity contribution is 0.120. The molecule has 0 unspecified atom stereocenters. The fourth-order valence-electron chi connectivity index (χ4n) is 1.83. The minimum absolute atomic E-state index is 0.256. The molecule has 3 N–H and O–H groups in total. The number of primary amides is 1. The second kappa shape index (κ2) is 6.98. The molecule has 98 valence electrons. The average Bonchev–Trinajstić information content (AvgIpc) is 2.18. The van der Waals surface area contributed by atoms with E-state index in [1.54, 1.807) is 0 Å². The third-order valence-electron chi connectivity index (χ3n) is 3.04. The molecule has 0 bridgehead atoms. The van der Waals surface area contributed by atoms with E-state index in [1.807, 2.05) is 0 Å². The van der Waals surface area contributed by atoms with Crippen LogP contribution in [-0.2, 0) is 4.74 Å². The van der Waals surface area contributed by atoms with Gasteiger partial charge in [0.15, 0.2) is 0 Å². The number of nitrogens with two attached hydrogens (primary N) is 1. The van der Waals surface area contributed by atoms with Crippen molar-refractivity contribution in [2.24, 2.45) is 11.7 Å². The SMILES string of the molecule is NC(=O)OCCCCN(CC1CCC1)C(=O)O. The Bertz CT molecular complexity index is 266. The number of hydrogen-bond acceptors (Lipinski definition) is 3. The highest BCUT2D eigenvalue weighted by Gasteiger charge is 2.22. The summed E-state index contributed by atoms with van der Waals surface area (Å²) in [6.45, 7) is 1.38. The third-order valence-corrected chi connectivity index (χ3v) is 3.04. The van der Waals surface area contributed by atoms with Crippen LogP contribution in [0.5, 0.6) is 0 Å². The van der Waals surface area contributed by atoms with E-state index < -0.39 is 12.2 Å². The van der Waals surface area contributed by atoms with Gasteiger partial charge in [-0.2, -0.15) is 0 Å². The van der Waals surface area contributed by atoms with Crippen molar-refractivity contribution in [1.82, 2.24) is 4.90 Å². The highest BCUT2D eigenvalue weighted by atomic mass is 16.5. The molecular weight excluding hydrogens is 224 g/mol. The molecule has 6 heteroatoms. The van der Waals surface area contributed by atoms with Gasteiger partial charge in [0.05, 0.1) is 6.61 Å². The predicted octanol–water partition coefficient (Wildman–Crippen LogP) is 1.64. The molecule has 0 radical (unpaired) electrons. The summed E-state index contributed by atoms with van der Waals surface area (Å²) in [5.74, 6) is 0.535. The second-order valence-corrected chi connectivity index (χ2v) is 4.40. The molecule has 0 spiro atoms. The van der Waals surface area contributed by atoms with Crippen LogP contribution in [0.1, 0.15) is 32.1 Å². The van der Waals surface area contributed by atoms with Crippen LogP contribution in [0.25, 0.3) is 0 Å². The van der Waals surface area contributed by atoms with Crippen molar-refractivity contribution in [3.8, 4) is 0 Å². The standard InChI is InChI=1S/C11H20N2O4/c12-10(14)17-7-2-1-6-13(11(15)16)8-9-4-3-5-9/h9H,1-8H2,(H2,12,14)(H,15,16). The van der Waals surface area contributed by atoms with Gasteiger partial charge >= 0.3 is 12.2 Å². The Labute approximate surface area is 101 Å². The molecule has 0 aromatic rings. The van der Waals surface area contributed by atoms with Gasteiger partial charge < -0.3 is 20.5 Å². The molecule has 0 aromatic heterocycles. The Morgan fingerprint density at radius 3 is 2.53 bits per heavy atom. The summed E-state index contributed by atoms with van der Waals surface area (Å²) in [5, 5.41) is 9.01. The first-order valence-electron chi connectivity index (χ1n) is 5.99. The van der Waals surface area contributed by atoms with Crippen molar-refractivity contribution in [2.45, 2.75) is 32.1 Å². The highest BCUT2D eigenvalue weighted by Crippen LogP contribution is 2.27. The van der Waals surface area contributed by atoms with Crippen LogP contribution in [0.3, 0.4) is 0 Å². The van der Waals surface area contributed by atoms with Crippen LogP contribution in [-0.4, -0.2) is 41.9 Å². The smallest absolute Gasteiger partial charge is 0.407 e. The van der Waals surface area contributed by atoms with Crippen LogP contribution < -0.4 is 5.73 Å². The minimum Gasteiger partial charge on any atom is -0.465 e. The number of carbonyl (C=O) groups excluding carboxylic acids is 1. The molecule has 1 fully saturated rings. The molecule has 6 nitrogen and oxygen atoms in total. The van der Waals surface area contributed by atoms with Crippen LogP contribution in [0.4, 0.5) is 9.59 Å². The molecule has 17 heavy (non-hydrogen) atoms. The Hall–Kier alpha value is -1.46. The largest absolute Gasteiger partial charge is 0.465 e. The van der Waals surface area contributed by atoms with Crippen molar-refractivity contribution >= 4 is 12.2 Å². The van der Waals surface area contributed by atoms with Crippen molar-refractivity contribution in [3.63, 3.8) is 0 Å². The molecule has 1 aliphatic carbocycles. The van der Waals surface area contributed by atoms with Crippen LogP contribution in [0.15, 0.2) is 0 Å². The second-order valence-electron chi connectivity index (χ2n) is 4.40. The van der Waals surface area contributed by atoms with Gasteiger partial charge in [-0.05, 0) is 31.6 Å². The van der Waals surface area contributed by atoms with Crippen LogP contribution >= 0.6 is 0 Å². The maximum atomic E-state index is 11.0. The van der Waals surface area contributed by atoms with E-state index in [2.05, 4.69) is 4.74 Å². The molecule has 0 aromatic carbocycles. The van der Waals surface area contributed by atoms with Gasteiger partial charge in [-0.25, -0.2) is 9.59 Å². The summed E-state index contributed by atoms with van der Waals surface area (Å²) in [6.07, 6.45) is 3.15. The van der Waals surface area contributed by atoms with Gasteiger partial charge in [-0.1, -0.05) is 6.42 Å².